The van der Waals surface area contributed by atoms with Gasteiger partial charge in [0.1, 0.15) is 0 Å². The van der Waals surface area contributed by atoms with Gasteiger partial charge in [0.25, 0.3) is 0 Å². The van der Waals surface area contributed by atoms with Crippen LogP contribution < -0.4 is 0 Å². The van der Waals surface area contributed by atoms with Crippen LogP contribution >= 0.6 is 27.3 Å². The van der Waals surface area contributed by atoms with Crippen molar-refractivity contribution in [2.24, 2.45) is 0 Å². The highest BCUT2D eigenvalue weighted by Gasteiger charge is 2.45. The lowest BCUT2D eigenvalue weighted by atomic mass is 9.88. The van der Waals surface area contributed by atoms with E-state index in [0.29, 0.717) is 12.6 Å². The van der Waals surface area contributed by atoms with Crippen LogP contribution in [0, 0.1) is 0 Å². The maximum Gasteiger partial charge on any atom is 0.205 e. The number of morpholine rings is 1. The number of nitrogens with zero attached hydrogens (tertiary/aromatic N) is 1. The third-order valence-corrected chi connectivity index (χ3v) is 6.91. The third-order valence-electron chi connectivity index (χ3n) is 5.24. The maximum atomic E-state index is 11.1. The zero-order chi connectivity index (χ0) is 16.7. The third kappa shape index (κ3) is 3.08. The molecule has 0 spiro atoms. The molecule has 1 aliphatic heterocycles. The van der Waals surface area contributed by atoms with E-state index >= 15 is 0 Å². The van der Waals surface area contributed by atoms with Crippen molar-refractivity contribution in [1.82, 2.24) is 4.90 Å². The van der Waals surface area contributed by atoms with Gasteiger partial charge in [0.15, 0.2) is 0 Å². The molecule has 128 valence electrons. The summed E-state index contributed by atoms with van der Waals surface area (Å²) < 4.78 is 7.32. The number of aliphatic hydroxyl groups is 1. The SMILES string of the molecule is CN1CC(O)(c2ccc(-c3ccc(Br)s3)cc2)OC2CCCCC21. The van der Waals surface area contributed by atoms with Crippen molar-refractivity contribution in [2.75, 3.05) is 13.6 Å². The molecule has 4 rings (SSSR count). The molecule has 2 aliphatic rings. The fourth-order valence-electron chi connectivity index (χ4n) is 3.99. The summed E-state index contributed by atoms with van der Waals surface area (Å²) in [6.07, 6.45) is 4.80. The van der Waals surface area contributed by atoms with Crippen molar-refractivity contribution in [3.8, 4) is 10.4 Å². The van der Waals surface area contributed by atoms with Gasteiger partial charge in [-0.25, -0.2) is 0 Å². The Balaban J connectivity index is 1.58. The van der Waals surface area contributed by atoms with Crippen LogP contribution in [0.15, 0.2) is 40.2 Å². The standard InChI is InChI=1S/C19H22BrNO2S/c1-21-12-19(22,23-16-5-3-2-4-15(16)21)14-8-6-13(7-9-14)17-10-11-18(20)24-17/h6-11,15-16,22H,2-5,12H2,1H3. The zero-order valence-electron chi connectivity index (χ0n) is 13.7. The summed E-state index contributed by atoms with van der Waals surface area (Å²) in [5, 5.41) is 11.1. The quantitative estimate of drug-likeness (QED) is 0.789. The molecule has 0 amide bonds. The van der Waals surface area contributed by atoms with Crippen LogP contribution in [-0.4, -0.2) is 35.7 Å². The first-order valence-corrected chi connectivity index (χ1v) is 10.1. The minimum absolute atomic E-state index is 0.135. The molecule has 24 heavy (non-hydrogen) atoms. The number of hydrogen-bond acceptors (Lipinski definition) is 4. The minimum atomic E-state index is -1.21. The zero-order valence-corrected chi connectivity index (χ0v) is 16.1. The molecule has 1 saturated carbocycles. The maximum absolute atomic E-state index is 11.1. The molecule has 3 unspecified atom stereocenters. The van der Waals surface area contributed by atoms with Crippen LogP contribution in [0.3, 0.4) is 0 Å². The fraction of sp³-hybridized carbons (Fsp3) is 0.474. The Kier molecular flexibility index (Phi) is 4.56. The van der Waals surface area contributed by atoms with Crippen molar-refractivity contribution in [3.05, 3.63) is 45.7 Å². The minimum Gasteiger partial charge on any atom is -0.361 e. The lowest BCUT2D eigenvalue weighted by molar-refractivity contribution is -0.293. The van der Waals surface area contributed by atoms with Crippen molar-refractivity contribution >= 4 is 27.3 Å². The summed E-state index contributed by atoms with van der Waals surface area (Å²) in [6.45, 7) is 0.526. The molecule has 1 saturated heterocycles. The van der Waals surface area contributed by atoms with Crippen molar-refractivity contribution in [2.45, 2.75) is 43.6 Å². The Morgan fingerprint density at radius 3 is 2.62 bits per heavy atom. The van der Waals surface area contributed by atoms with Crippen LogP contribution in [0.5, 0.6) is 0 Å². The van der Waals surface area contributed by atoms with E-state index < -0.39 is 5.79 Å². The highest BCUT2D eigenvalue weighted by atomic mass is 79.9. The molecule has 0 bridgehead atoms. The van der Waals surface area contributed by atoms with E-state index in [2.05, 4.69) is 52.1 Å². The molecule has 2 aromatic rings. The van der Waals surface area contributed by atoms with E-state index in [1.54, 1.807) is 11.3 Å². The predicted molar refractivity (Wildman–Crippen MR) is 101 cm³/mol. The Morgan fingerprint density at radius 2 is 1.92 bits per heavy atom. The molecule has 0 radical (unpaired) electrons. The summed E-state index contributed by atoms with van der Waals surface area (Å²) in [5.41, 5.74) is 2.01. The summed E-state index contributed by atoms with van der Waals surface area (Å²) >= 11 is 5.22. The molecule has 1 N–H and O–H groups in total. The lowest BCUT2D eigenvalue weighted by Gasteiger charge is -2.49. The number of fused-ring (bicyclic) bond motifs is 1. The molecule has 1 aliphatic carbocycles. The number of rotatable bonds is 2. The van der Waals surface area contributed by atoms with Crippen molar-refractivity contribution < 1.29 is 9.84 Å². The van der Waals surface area contributed by atoms with Gasteiger partial charge in [-0.15, -0.1) is 11.3 Å². The number of halogens is 1. The highest BCUT2D eigenvalue weighted by molar-refractivity contribution is 9.11. The number of benzene rings is 1. The van der Waals surface area contributed by atoms with Crippen LogP contribution in [0.25, 0.3) is 10.4 Å². The van der Waals surface area contributed by atoms with Crippen LogP contribution in [-0.2, 0) is 10.5 Å². The van der Waals surface area contributed by atoms with Gasteiger partial charge in [-0.3, -0.25) is 4.90 Å². The number of likely N-dealkylation sites (N-methyl/N-ethyl adjacent to an activating group) is 1. The Morgan fingerprint density at radius 1 is 1.17 bits per heavy atom. The van der Waals surface area contributed by atoms with Crippen LogP contribution in [0.4, 0.5) is 0 Å². The molecule has 3 atom stereocenters. The van der Waals surface area contributed by atoms with E-state index in [-0.39, 0.29) is 6.10 Å². The number of ether oxygens (including phenoxy) is 1. The van der Waals surface area contributed by atoms with Gasteiger partial charge in [0, 0.05) is 16.5 Å². The second kappa shape index (κ2) is 6.54. The fourth-order valence-corrected chi connectivity index (χ4v) is 5.38. The van der Waals surface area contributed by atoms with Crippen LogP contribution in [0.2, 0.25) is 0 Å². The van der Waals surface area contributed by atoms with Gasteiger partial charge in [-0.2, -0.15) is 0 Å². The van der Waals surface area contributed by atoms with E-state index in [1.165, 1.54) is 24.1 Å². The van der Waals surface area contributed by atoms with E-state index in [0.717, 1.165) is 21.3 Å². The first-order valence-electron chi connectivity index (χ1n) is 8.52. The van der Waals surface area contributed by atoms with Crippen molar-refractivity contribution in [1.29, 1.82) is 0 Å². The monoisotopic (exact) mass is 407 g/mol. The second-order valence-electron chi connectivity index (χ2n) is 6.89. The Hall–Kier alpha value is -0.720. The smallest absolute Gasteiger partial charge is 0.205 e. The molecule has 1 aromatic carbocycles. The van der Waals surface area contributed by atoms with Gasteiger partial charge in [-0.1, -0.05) is 37.1 Å². The lowest BCUT2D eigenvalue weighted by Crippen LogP contribution is -2.58. The number of β-amino-alcohol motifs (C(OH)–C–C–N with tert-alkyl or cyclic N) is 1. The van der Waals surface area contributed by atoms with Crippen LogP contribution in [0.1, 0.15) is 31.2 Å². The Labute approximate surface area is 155 Å². The molecule has 3 nitrogen and oxygen atoms in total. The normalized spacial score (nSPS) is 31.0. The average Bonchev–Trinajstić information content (AvgIpc) is 3.01. The van der Waals surface area contributed by atoms with E-state index in [9.17, 15) is 5.11 Å². The summed E-state index contributed by atoms with van der Waals surface area (Å²) in [6, 6.07) is 12.8. The summed E-state index contributed by atoms with van der Waals surface area (Å²) in [5.74, 6) is -1.21. The van der Waals surface area contributed by atoms with Gasteiger partial charge in [0.05, 0.1) is 16.4 Å². The largest absolute Gasteiger partial charge is 0.361 e. The predicted octanol–water partition coefficient (Wildman–Crippen LogP) is 4.60. The average molecular weight is 408 g/mol. The molecule has 2 heterocycles. The molecule has 1 aromatic heterocycles. The first kappa shape index (κ1) is 16.7. The highest BCUT2D eigenvalue weighted by Crippen LogP contribution is 2.38. The van der Waals surface area contributed by atoms with E-state index in [4.69, 9.17) is 4.74 Å². The second-order valence-corrected chi connectivity index (χ2v) is 9.35. The molecule has 5 heteroatoms. The van der Waals surface area contributed by atoms with Gasteiger partial charge < -0.3 is 9.84 Å². The molecule has 2 fully saturated rings. The van der Waals surface area contributed by atoms with Gasteiger partial charge in [0.2, 0.25) is 5.79 Å². The topological polar surface area (TPSA) is 32.7 Å². The summed E-state index contributed by atoms with van der Waals surface area (Å²) in [4.78, 5) is 3.49. The van der Waals surface area contributed by atoms with Crippen molar-refractivity contribution in [3.63, 3.8) is 0 Å². The summed E-state index contributed by atoms with van der Waals surface area (Å²) in [7, 11) is 2.11. The van der Waals surface area contributed by atoms with Gasteiger partial charge >= 0.3 is 0 Å². The number of thiophene rings is 1. The molecular formula is C19H22BrNO2S. The van der Waals surface area contributed by atoms with E-state index in [1.807, 2.05) is 12.1 Å². The molecular weight excluding hydrogens is 386 g/mol. The number of hydrogen-bond donors (Lipinski definition) is 1. The Bertz CT molecular complexity index is 716. The van der Waals surface area contributed by atoms with Gasteiger partial charge in [-0.05, 0) is 53.5 Å². The first-order chi connectivity index (χ1) is 11.5.